The molecule has 0 bridgehead atoms. The molecule has 1 saturated carbocycles. The molecule has 0 aliphatic heterocycles. The predicted octanol–water partition coefficient (Wildman–Crippen LogP) is 3.33. The molecule has 1 aromatic carbocycles. The molecular weight excluding hydrogens is 241 g/mol. The van der Waals surface area contributed by atoms with Crippen LogP contribution in [-0.2, 0) is 0 Å². The first-order chi connectivity index (χ1) is 9.22. The second-order valence-corrected chi connectivity index (χ2v) is 5.12. The number of anilines is 2. The molecule has 19 heavy (non-hydrogen) atoms. The lowest BCUT2D eigenvalue weighted by atomic mass is 10.1. The Labute approximate surface area is 112 Å². The molecular formula is C15H18FN3. The van der Waals surface area contributed by atoms with Gasteiger partial charge in [0.05, 0.1) is 5.52 Å². The Kier molecular flexibility index (Phi) is 3.01. The molecule has 0 spiro atoms. The van der Waals surface area contributed by atoms with Gasteiger partial charge in [-0.1, -0.05) is 6.92 Å². The maximum Gasteiger partial charge on any atom is 0.150 e. The van der Waals surface area contributed by atoms with E-state index in [1.807, 2.05) is 12.1 Å². The smallest absolute Gasteiger partial charge is 0.150 e. The van der Waals surface area contributed by atoms with Crippen molar-refractivity contribution in [2.75, 3.05) is 17.2 Å². The van der Waals surface area contributed by atoms with E-state index < -0.39 is 0 Å². The van der Waals surface area contributed by atoms with E-state index in [0.717, 1.165) is 31.2 Å². The third-order valence-electron chi connectivity index (χ3n) is 3.59. The summed E-state index contributed by atoms with van der Waals surface area (Å²) in [6.45, 7) is 2.97. The van der Waals surface area contributed by atoms with E-state index >= 15 is 0 Å². The lowest BCUT2D eigenvalue weighted by Crippen LogP contribution is -2.28. The highest BCUT2D eigenvalue weighted by molar-refractivity contribution is 5.99. The van der Waals surface area contributed by atoms with Gasteiger partial charge in [0.2, 0.25) is 0 Å². The number of hydrogen-bond acceptors (Lipinski definition) is 3. The van der Waals surface area contributed by atoms with Crippen LogP contribution in [0.3, 0.4) is 0 Å². The van der Waals surface area contributed by atoms with Gasteiger partial charge in [-0.15, -0.1) is 0 Å². The van der Waals surface area contributed by atoms with E-state index in [1.54, 1.807) is 6.20 Å². The largest absolute Gasteiger partial charge is 0.398 e. The molecule has 0 amide bonds. The molecule has 0 saturated heterocycles. The number of halogens is 1. The van der Waals surface area contributed by atoms with Crippen LogP contribution in [0.2, 0.25) is 0 Å². The molecule has 3 nitrogen and oxygen atoms in total. The van der Waals surface area contributed by atoms with Crippen LogP contribution in [0.4, 0.5) is 15.8 Å². The summed E-state index contributed by atoms with van der Waals surface area (Å²) in [6, 6.07) is 5.62. The van der Waals surface area contributed by atoms with E-state index in [4.69, 9.17) is 5.73 Å². The van der Waals surface area contributed by atoms with Crippen molar-refractivity contribution in [3.05, 3.63) is 30.2 Å². The Morgan fingerprint density at radius 2 is 2.26 bits per heavy atom. The summed E-state index contributed by atoms with van der Waals surface area (Å²) in [5.74, 6) is -0.260. The molecule has 1 aliphatic rings. The van der Waals surface area contributed by atoms with Crippen LogP contribution in [-0.4, -0.2) is 17.6 Å². The summed E-state index contributed by atoms with van der Waals surface area (Å²) in [4.78, 5) is 6.51. The number of benzene rings is 1. The summed E-state index contributed by atoms with van der Waals surface area (Å²) < 4.78 is 14.4. The summed E-state index contributed by atoms with van der Waals surface area (Å²) in [6.07, 6.45) is 4.96. The van der Waals surface area contributed by atoms with Crippen LogP contribution in [0.25, 0.3) is 10.9 Å². The highest BCUT2D eigenvalue weighted by Crippen LogP contribution is 2.38. The van der Waals surface area contributed by atoms with Crippen LogP contribution < -0.4 is 10.6 Å². The Morgan fingerprint density at radius 3 is 2.95 bits per heavy atom. The van der Waals surface area contributed by atoms with E-state index in [-0.39, 0.29) is 5.82 Å². The van der Waals surface area contributed by atoms with Crippen molar-refractivity contribution in [2.24, 2.45) is 0 Å². The average Bonchev–Trinajstić information content (AvgIpc) is 3.22. The van der Waals surface area contributed by atoms with Crippen molar-refractivity contribution in [2.45, 2.75) is 32.2 Å². The van der Waals surface area contributed by atoms with E-state index in [9.17, 15) is 4.39 Å². The predicted molar refractivity (Wildman–Crippen MR) is 76.8 cm³/mol. The molecule has 1 aliphatic carbocycles. The first kappa shape index (κ1) is 12.2. The minimum absolute atomic E-state index is 0.260. The second kappa shape index (κ2) is 4.68. The van der Waals surface area contributed by atoms with Gasteiger partial charge in [-0.05, 0) is 37.5 Å². The monoisotopic (exact) mass is 259 g/mol. The minimum Gasteiger partial charge on any atom is -0.398 e. The lowest BCUT2D eigenvalue weighted by molar-refractivity contribution is 0.616. The quantitative estimate of drug-likeness (QED) is 0.856. The molecule has 1 heterocycles. The van der Waals surface area contributed by atoms with Crippen molar-refractivity contribution < 1.29 is 4.39 Å². The molecule has 1 fully saturated rings. The topological polar surface area (TPSA) is 42.1 Å². The highest BCUT2D eigenvalue weighted by Gasteiger charge is 2.31. The molecule has 1 aromatic heterocycles. The Hall–Kier alpha value is -1.84. The molecule has 4 heteroatoms. The van der Waals surface area contributed by atoms with E-state index in [0.29, 0.717) is 22.9 Å². The fourth-order valence-corrected chi connectivity index (χ4v) is 2.60. The van der Waals surface area contributed by atoms with E-state index in [2.05, 4.69) is 16.8 Å². The van der Waals surface area contributed by atoms with Crippen molar-refractivity contribution >= 4 is 22.3 Å². The molecule has 2 N–H and O–H groups in total. The second-order valence-electron chi connectivity index (χ2n) is 5.12. The molecule has 0 atom stereocenters. The lowest BCUT2D eigenvalue weighted by Gasteiger charge is -2.26. The number of rotatable bonds is 4. The standard InChI is InChI=1S/C15H18FN3/c1-2-8-19(10-5-6-10)15-12(16)9-13(17)11-4-3-7-18-14(11)15/h3-4,7,9-10H,2,5-6,8,17H2,1H3. The van der Waals surface area contributed by atoms with Crippen LogP contribution in [0.15, 0.2) is 24.4 Å². The number of nitrogens with zero attached hydrogens (tertiary/aromatic N) is 2. The first-order valence-corrected chi connectivity index (χ1v) is 6.81. The van der Waals surface area contributed by atoms with Gasteiger partial charge in [-0.25, -0.2) is 4.39 Å². The van der Waals surface area contributed by atoms with Crippen molar-refractivity contribution in [1.29, 1.82) is 0 Å². The molecule has 0 unspecified atom stereocenters. The van der Waals surface area contributed by atoms with Crippen molar-refractivity contribution in [3.63, 3.8) is 0 Å². The number of nitrogens with two attached hydrogens (primary N) is 1. The maximum atomic E-state index is 14.4. The number of nitrogen functional groups attached to an aromatic ring is 1. The zero-order chi connectivity index (χ0) is 13.4. The maximum absolute atomic E-state index is 14.4. The summed E-state index contributed by atoms with van der Waals surface area (Å²) >= 11 is 0. The molecule has 0 radical (unpaired) electrons. The van der Waals surface area contributed by atoms with Gasteiger partial charge in [-0.2, -0.15) is 0 Å². The van der Waals surface area contributed by atoms with Gasteiger partial charge in [-0.3, -0.25) is 4.98 Å². The zero-order valence-electron chi connectivity index (χ0n) is 11.1. The van der Waals surface area contributed by atoms with Crippen LogP contribution in [0.1, 0.15) is 26.2 Å². The molecule has 100 valence electrons. The van der Waals surface area contributed by atoms with Gasteiger partial charge in [0.15, 0.2) is 5.82 Å². The fraction of sp³-hybridized carbons (Fsp3) is 0.400. The first-order valence-electron chi connectivity index (χ1n) is 6.81. The van der Waals surface area contributed by atoms with Crippen LogP contribution in [0.5, 0.6) is 0 Å². The normalized spacial score (nSPS) is 14.8. The van der Waals surface area contributed by atoms with Gasteiger partial charge >= 0.3 is 0 Å². The Morgan fingerprint density at radius 1 is 1.47 bits per heavy atom. The minimum atomic E-state index is -0.260. The van der Waals surface area contributed by atoms with E-state index in [1.165, 1.54) is 6.07 Å². The highest BCUT2D eigenvalue weighted by atomic mass is 19.1. The van der Waals surface area contributed by atoms with Crippen molar-refractivity contribution in [3.8, 4) is 0 Å². The van der Waals surface area contributed by atoms with Gasteiger partial charge in [0.1, 0.15) is 5.69 Å². The third-order valence-corrected chi connectivity index (χ3v) is 3.59. The van der Waals surface area contributed by atoms with Crippen LogP contribution >= 0.6 is 0 Å². The number of fused-ring (bicyclic) bond motifs is 1. The van der Waals surface area contributed by atoms with Gasteiger partial charge in [0.25, 0.3) is 0 Å². The Bertz CT molecular complexity index is 608. The molecule has 3 rings (SSSR count). The van der Waals surface area contributed by atoms with Gasteiger partial charge in [0, 0.05) is 29.9 Å². The summed E-state index contributed by atoms with van der Waals surface area (Å²) in [5, 5.41) is 0.834. The number of aromatic nitrogens is 1. The number of hydrogen-bond donors (Lipinski definition) is 1. The zero-order valence-corrected chi connectivity index (χ0v) is 11.1. The summed E-state index contributed by atoms with van der Waals surface area (Å²) in [7, 11) is 0. The summed E-state index contributed by atoms with van der Waals surface area (Å²) in [5.41, 5.74) is 7.65. The SMILES string of the molecule is CCCN(c1c(F)cc(N)c2cccnc12)C1CC1. The average molecular weight is 259 g/mol. The fourth-order valence-electron chi connectivity index (χ4n) is 2.60. The van der Waals surface area contributed by atoms with Gasteiger partial charge < -0.3 is 10.6 Å². The Balaban J connectivity index is 2.20. The van der Waals surface area contributed by atoms with Crippen molar-refractivity contribution in [1.82, 2.24) is 4.98 Å². The van der Waals surface area contributed by atoms with Crippen LogP contribution in [0, 0.1) is 5.82 Å². The number of pyridine rings is 1. The molecule has 2 aromatic rings. The third kappa shape index (κ3) is 2.11.